The van der Waals surface area contributed by atoms with Gasteiger partial charge in [0, 0.05) is 50.1 Å². The molecule has 4 fully saturated rings. The predicted octanol–water partition coefficient (Wildman–Crippen LogP) is 13.4. The topological polar surface area (TPSA) is 147 Å². The molecular formula is C72H90N4O9. The van der Waals surface area contributed by atoms with E-state index in [1.807, 2.05) is 130 Å². The van der Waals surface area contributed by atoms with Crippen LogP contribution in [0.15, 0.2) is 170 Å². The maximum absolute atomic E-state index is 13.9. The summed E-state index contributed by atoms with van der Waals surface area (Å²) in [5.41, 5.74) is 4.47. The highest BCUT2D eigenvalue weighted by Crippen LogP contribution is 2.51. The smallest absolute Gasteiger partial charge is 0.410 e. The Morgan fingerprint density at radius 1 is 0.471 bits per heavy atom. The monoisotopic (exact) mass is 1150 g/mol. The first-order valence-electron chi connectivity index (χ1n) is 30.4. The van der Waals surface area contributed by atoms with Crippen molar-refractivity contribution in [3.05, 3.63) is 203 Å². The lowest BCUT2D eigenvalue weighted by atomic mass is 9.72. The molecule has 13 nitrogen and oxygen atoms in total. The van der Waals surface area contributed by atoms with Crippen LogP contribution in [-0.4, -0.2) is 122 Å². The fourth-order valence-electron chi connectivity index (χ4n) is 12.0. The third-order valence-corrected chi connectivity index (χ3v) is 17.3. The minimum atomic E-state index is -0.720. The van der Waals surface area contributed by atoms with Crippen molar-refractivity contribution < 1.29 is 43.2 Å². The lowest BCUT2D eigenvalue weighted by Crippen LogP contribution is -2.53. The number of rotatable bonds is 18. The second-order valence-corrected chi connectivity index (χ2v) is 25.5. The fraction of sp³-hybridized carbons (Fsp3) is 0.444. The van der Waals surface area contributed by atoms with Gasteiger partial charge in [0.1, 0.15) is 22.7 Å². The molecule has 2 heterocycles. The van der Waals surface area contributed by atoms with Crippen molar-refractivity contribution in [2.75, 3.05) is 66.6 Å². The second-order valence-electron chi connectivity index (χ2n) is 25.5. The van der Waals surface area contributed by atoms with Gasteiger partial charge >= 0.3 is 18.2 Å². The fourth-order valence-corrected chi connectivity index (χ4v) is 12.0. The molecule has 2 N–H and O–H groups in total. The van der Waals surface area contributed by atoms with Gasteiger partial charge in [-0.2, -0.15) is 0 Å². The molecule has 452 valence electrons. The van der Waals surface area contributed by atoms with Crippen LogP contribution >= 0.6 is 0 Å². The summed E-state index contributed by atoms with van der Waals surface area (Å²) in [6.45, 7) is 17.2. The number of carboxylic acid groups (broad SMARTS) is 1. The van der Waals surface area contributed by atoms with Crippen LogP contribution < -0.4 is 14.8 Å². The van der Waals surface area contributed by atoms with E-state index < -0.39 is 28.0 Å². The number of carbonyl (C=O) groups excluding carboxylic acids is 3. The number of carboxylic acids is 1. The minimum Gasteiger partial charge on any atom is -0.497 e. The number of hydrogen-bond donors (Lipinski definition) is 2. The highest BCUT2D eigenvalue weighted by molar-refractivity contribution is 5.91. The van der Waals surface area contributed by atoms with Gasteiger partial charge in [0.15, 0.2) is 0 Å². The number of methoxy groups -OCH3 is 2. The Kier molecular flexibility index (Phi) is 20.9. The summed E-state index contributed by atoms with van der Waals surface area (Å²) >= 11 is 0. The van der Waals surface area contributed by atoms with Crippen molar-refractivity contribution >= 4 is 24.1 Å². The molecule has 0 spiro atoms. The summed E-state index contributed by atoms with van der Waals surface area (Å²) in [7, 11) is 3.25. The molecule has 3 amide bonds. The Morgan fingerprint density at radius 2 is 0.824 bits per heavy atom. The predicted molar refractivity (Wildman–Crippen MR) is 336 cm³/mol. The van der Waals surface area contributed by atoms with Crippen molar-refractivity contribution in [1.29, 1.82) is 0 Å². The van der Waals surface area contributed by atoms with Gasteiger partial charge in [0.2, 0.25) is 5.91 Å². The van der Waals surface area contributed by atoms with E-state index in [-0.39, 0.29) is 28.9 Å². The lowest BCUT2D eigenvalue weighted by Gasteiger charge is -2.45. The molecule has 0 unspecified atom stereocenters. The minimum absolute atomic E-state index is 0.0416. The number of nitrogens with one attached hydrogen (secondary N) is 1. The number of benzene rings is 6. The molecule has 6 aromatic rings. The Bertz CT molecular complexity index is 3070. The van der Waals surface area contributed by atoms with E-state index >= 15 is 0 Å². The van der Waals surface area contributed by atoms with Crippen LogP contribution in [0, 0.1) is 0 Å². The van der Waals surface area contributed by atoms with Gasteiger partial charge in [-0.05, 0) is 176 Å². The number of hydrogen-bond acceptors (Lipinski definition) is 9. The normalized spacial score (nSPS) is 17.0. The SMILES string of the molecule is CC(C)(C)OC(=O)N(CCc1ccccc1)CC1(c2ccccc2)CCNCC1.COc1ccc(C2(C(=O)N3CCC(CN(CCc4ccccc4)C(=O)OC(C)(C)C)(c4ccccc4)CC3)CC2)cc1.COc1ccc(C2(C(=O)O)CC2)cc1. The summed E-state index contributed by atoms with van der Waals surface area (Å²) in [5, 5.41) is 12.5. The van der Waals surface area contributed by atoms with Gasteiger partial charge < -0.3 is 44.1 Å². The van der Waals surface area contributed by atoms with E-state index in [4.69, 9.17) is 24.1 Å². The number of aliphatic carboxylic acids is 1. The second kappa shape index (κ2) is 28.0. The summed E-state index contributed by atoms with van der Waals surface area (Å²) in [6.07, 6.45) is 7.91. The molecule has 2 aliphatic heterocycles. The highest BCUT2D eigenvalue weighted by atomic mass is 16.6. The lowest BCUT2D eigenvalue weighted by molar-refractivity contribution is -0.140. The third kappa shape index (κ3) is 16.8. The van der Waals surface area contributed by atoms with E-state index in [1.54, 1.807) is 26.4 Å². The van der Waals surface area contributed by atoms with Gasteiger partial charge in [-0.1, -0.05) is 146 Å². The van der Waals surface area contributed by atoms with Crippen molar-refractivity contribution in [1.82, 2.24) is 20.0 Å². The molecule has 6 aromatic carbocycles. The molecule has 10 rings (SSSR count). The quantitative estimate of drug-likeness (QED) is 0.0852. The third-order valence-electron chi connectivity index (χ3n) is 17.3. The van der Waals surface area contributed by atoms with Crippen molar-refractivity contribution in [2.24, 2.45) is 0 Å². The van der Waals surface area contributed by atoms with Crippen LogP contribution in [0.25, 0.3) is 0 Å². The summed E-state index contributed by atoms with van der Waals surface area (Å²) < 4.78 is 22.0. The summed E-state index contributed by atoms with van der Waals surface area (Å²) in [6, 6.07) is 57.0. The van der Waals surface area contributed by atoms with E-state index in [0.717, 1.165) is 99.9 Å². The molecule has 2 saturated carbocycles. The van der Waals surface area contributed by atoms with Gasteiger partial charge in [0.25, 0.3) is 0 Å². The Labute approximate surface area is 505 Å². The average molecular weight is 1160 g/mol. The largest absolute Gasteiger partial charge is 0.497 e. The first-order chi connectivity index (χ1) is 40.7. The molecule has 0 atom stereocenters. The molecule has 0 aromatic heterocycles. The number of amides is 3. The van der Waals surface area contributed by atoms with Crippen LogP contribution in [0.3, 0.4) is 0 Å². The van der Waals surface area contributed by atoms with Gasteiger partial charge in [-0.25, -0.2) is 9.59 Å². The van der Waals surface area contributed by atoms with Gasteiger partial charge in [0.05, 0.1) is 25.0 Å². The maximum atomic E-state index is 13.9. The van der Waals surface area contributed by atoms with Crippen molar-refractivity contribution in [2.45, 2.75) is 139 Å². The zero-order chi connectivity index (χ0) is 60.7. The molecule has 13 heteroatoms. The molecule has 4 aliphatic rings. The maximum Gasteiger partial charge on any atom is 0.410 e. The molecule has 2 aliphatic carbocycles. The first kappa shape index (κ1) is 63.4. The first-order valence-corrected chi connectivity index (χ1v) is 30.4. The van der Waals surface area contributed by atoms with Gasteiger partial charge in [-0.15, -0.1) is 0 Å². The average Bonchev–Trinajstić information content (AvgIpc) is 3.91. The standard InChI is InChI=1S/C36H44N2O4.C25H34N2O2.C11H12O3/c1-34(2,3)42-33(40)38(24-19-28-11-7-5-8-12-28)27-35(29-13-9-6-10-14-29)22-25-37(26-23-35)32(39)36(20-21-36)30-15-17-31(41-4)18-16-30;1-24(2,3)29-23(28)27(19-14-21-10-6-4-7-11-21)20-25(15-17-26-18-16-25)22-12-8-5-9-13-22;1-14-9-4-2-8(3-5-9)11(6-7-11)10(12)13/h5-18H,19-27H2,1-4H3;4-13,26H,14-20H2,1-3H3;2-5H,6-7H2,1H3,(H,12,13). The van der Waals surface area contributed by atoms with E-state index in [9.17, 15) is 19.2 Å². The van der Waals surface area contributed by atoms with Crippen LogP contribution in [0.1, 0.15) is 126 Å². The van der Waals surface area contributed by atoms with Crippen LogP contribution in [0.4, 0.5) is 9.59 Å². The van der Waals surface area contributed by atoms with Crippen LogP contribution in [0.2, 0.25) is 0 Å². The Balaban J connectivity index is 0.000000188. The number of likely N-dealkylation sites (tertiary alicyclic amines) is 1. The Morgan fingerprint density at radius 3 is 1.16 bits per heavy atom. The van der Waals surface area contributed by atoms with Crippen LogP contribution in [0.5, 0.6) is 11.5 Å². The number of ether oxygens (including phenoxy) is 4. The van der Waals surface area contributed by atoms with E-state index in [0.29, 0.717) is 39.3 Å². The van der Waals surface area contributed by atoms with E-state index in [2.05, 4.69) is 89.1 Å². The van der Waals surface area contributed by atoms with Crippen molar-refractivity contribution in [3.63, 3.8) is 0 Å². The molecule has 2 saturated heterocycles. The summed E-state index contributed by atoms with van der Waals surface area (Å²) in [4.78, 5) is 57.5. The van der Waals surface area contributed by atoms with Gasteiger partial charge in [-0.3, -0.25) is 9.59 Å². The Hall–Kier alpha value is -7.64. The van der Waals surface area contributed by atoms with Crippen LogP contribution in [-0.2, 0) is 53.6 Å². The number of nitrogens with zero attached hydrogens (tertiary/aromatic N) is 3. The molecule has 0 radical (unpaired) electrons. The molecular weight excluding hydrogens is 1060 g/mol. The summed E-state index contributed by atoms with van der Waals surface area (Å²) in [5.74, 6) is 1.06. The van der Waals surface area contributed by atoms with Crippen molar-refractivity contribution in [3.8, 4) is 11.5 Å². The molecule has 85 heavy (non-hydrogen) atoms. The zero-order valence-electron chi connectivity index (χ0n) is 51.4. The van der Waals surface area contributed by atoms with E-state index in [1.165, 1.54) is 22.3 Å². The zero-order valence-corrected chi connectivity index (χ0v) is 51.4. The highest BCUT2D eigenvalue weighted by Gasteiger charge is 2.54. The number of piperidine rings is 2. The number of carbonyl (C=O) groups is 4. The molecule has 0 bridgehead atoms.